The van der Waals surface area contributed by atoms with Crippen molar-refractivity contribution < 1.29 is 18.3 Å². The maximum absolute atomic E-state index is 13.9. The van der Waals surface area contributed by atoms with E-state index in [9.17, 15) is 18.3 Å². The fourth-order valence-electron chi connectivity index (χ4n) is 5.42. The van der Waals surface area contributed by atoms with Crippen LogP contribution in [0.1, 0.15) is 34.4 Å². The molecule has 3 fully saturated rings. The predicted octanol–water partition coefficient (Wildman–Crippen LogP) is 4.44. The van der Waals surface area contributed by atoms with E-state index in [1.54, 1.807) is 18.3 Å². The highest BCUT2D eigenvalue weighted by atomic mass is 35.5. The largest absolute Gasteiger partial charge is 0.492 e. The second-order valence-electron chi connectivity index (χ2n) is 9.63. The van der Waals surface area contributed by atoms with Crippen molar-refractivity contribution in [2.24, 2.45) is 16.1 Å². The summed E-state index contributed by atoms with van der Waals surface area (Å²) in [6.07, 6.45) is -0.802. The van der Waals surface area contributed by atoms with Gasteiger partial charge in [0.1, 0.15) is 0 Å². The number of halogens is 4. The zero-order valence-corrected chi connectivity index (χ0v) is 21.2. The van der Waals surface area contributed by atoms with Gasteiger partial charge in [-0.1, -0.05) is 35.1 Å². The van der Waals surface area contributed by atoms with E-state index in [1.807, 2.05) is 6.07 Å². The molecule has 0 aliphatic carbocycles. The summed E-state index contributed by atoms with van der Waals surface area (Å²) < 4.78 is 41.7. The summed E-state index contributed by atoms with van der Waals surface area (Å²) in [5, 5.41) is 24.3. The molecule has 2 N–H and O–H groups in total. The van der Waals surface area contributed by atoms with Gasteiger partial charge in [-0.15, -0.1) is 0 Å². The number of benzene rings is 2. The summed E-state index contributed by atoms with van der Waals surface area (Å²) in [4.78, 5) is 7.22. The SMILES string of the molecule is Oc1nc(N[C@@H]2CN3CCC2CC3)sc1C(Cc1ccc(Cl)cc1C(F)(F)F)=c1ccc2c(c1)C=NN=2. The molecule has 3 aromatic rings. The van der Waals surface area contributed by atoms with Gasteiger partial charge in [0.25, 0.3) is 0 Å². The Morgan fingerprint density at radius 1 is 1.16 bits per heavy atom. The summed E-state index contributed by atoms with van der Waals surface area (Å²) in [5.41, 5.74) is 0.556. The number of thiazole rings is 1. The molecular weight excluding hydrogens is 523 g/mol. The maximum Gasteiger partial charge on any atom is 0.416 e. The Morgan fingerprint density at radius 2 is 1.97 bits per heavy atom. The molecule has 0 unspecified atom stereocenters. The molecule has 5 heterocycles. The van der Waals surface area contributed by atoms with Crippen LogP contribution in [0.25, 0.3) is 5.57 Å². The molecule has 1 atom stereocenters. The van der Waals surface area contributed by atoms with E-state index in [0.717, 1.165) is 44.1 Å². The lowest BCUT2D eigenvalue weighted by Crippen LogP contribution is -2.53. The zero-order chi connectivity index (χ0) is 25.7. The normalized spacial score (nSPS) is 23.1. The first kappa shape index (κ1) is 24.4. The third kappa shape index (κ3) is 4.85. The van der Waals surface area contributed by atoms with Gasteiger partial charge in [0, 0.05) is 29.6 Å². The second-order valence-corrected chi connectivity index (χ2v) is 11.1. The van der Waals surface area contributed by atoms with E-state index in [-0.39, 0.29) is 28.9 Å². The molecule has 2 aromatic carbocycles. The first-order valence-corrected chi connectivity index (χ1v) is 13.2. The van der Waals surface area contributed by atoms with Crippen molar-refractivity contribution in [3.8, 4) is 5.88 Å². The average Bonchev–Trinajstić information content (AvgIpc) is 3.49. The number of hydrogen-bond acceptors (Lipinski definition) is 7. The van der Waals surface area contributed by atoms with E-state index < -0.39 is 11.7 Å². The first-order chi connectivity index (χ1) is 17.7. The molecule has 3 saturated heterocycles. The van der Waals surface area contributed by atoms with E-state index in [4.69, 9.17) is 11.6 Å². The van der Waals surface area contributed by atoms with Gasteiger partial charge in [0.15, 0.2) is 5.13 Å². The van der Waals surface area contributed by atoms with Gasteiger partial charge in [-0.3, -0.25) is 0 Å². The van der Waals surface area contributed by atoms with E-state index in [0.29, 0.717) is 32.1 Å². The second kappa shape index (κ2) is 9.41. The number of fused-ring (bicyclic) bond motifs is 4. The molecule has 11 heteroatoms. The maximum atomic E-state index is 13.9. The van der Waals surface area contributed by atoms with Crippen LogP contribution in [0.15, 0.2) is 46.6 Å². The summed E-state index contributed by atoms with van der Waals surface area (Å²) in [6.45, 7) is 3.13. The molecule has 0 amide bonds. The van der Waals surface area contributed by atoms with Gasteiger partial charge in [-0.25, -0.2) is 0 Å². The standard InChI is InChI=1S/C26H23ClF3N5OS/c27-18-3-1-16(20(11-18)26(28,29)30)10-19(15-2-4-21-17(9-15)12-31-34-21)23-24(36)33-25(37-23)32-22-13-35-7-5-14(22)6-8-35/h1-4,9,11-12,14,22,36H,5-8,10,13H2,(H,32,33)/t22-/m1/s1. The van der Waals surface area contributed by atoms with Crippen molar-refractivity contribution in [1.82, 2.24) is 9.88 Å². The lowest BCUT2D eigenvalue weighted by Gasteiger charge is -2.44. The van der Waals surface area contributed by atoms with Crippen molar-refractivity contribution in [2.75, 3.05) is 25.0 Å². The molecule has 4 aliphatic rings. The van der Waals surface area contributed by atoms with Gasteiger partial charge in [0.2, 0.25) is 5.88 Å². The van der Waals surface area contributed by atoms with Gasteiger partial charge >= 0.3 is 6.18 Å². The van der Waals surface area contributed by atoms with Crippen molar-refractivity contribution >= 4 is 39.9 Å². The topological polar surface area (TPSA) is 73.1 Å². The smallest absolute Gasteiger partial charge is 0.416 e. The van der Waals surface area contributed by atoms with Crippen LogP contribution in [-0.4, -0.2) is 46.9 Å². The molecular formula is C26H23ClF3N5OS. The molecule has 192 valence electrons. The average molecular weight is 546 g/mol. The number of aromatic hydroxyl groups is 1. The van der Waals surface area contributed by atoms with Gasteiger partial charge in [-0.2, -0.15) is 28.4 Å². The third-order valence-electron chi connectivity index (χ3n) is 7.33. The van der Waals surface area contributed by atoms with Crippen LogP contribution in [0.5, 0.6) is 5.88 Å². The lowest BCUT2D eigenvalue weighted by molar-refractivity contribution is -0.138. The highest BCUT2D eigenvalue weighted by molar-refractivity contribution is 7.17. The van der Waals surface area contributed by atoms with Gasteiger partial charge < -0.3 is 15.3 Å². The lowest BCUT2D eigenvalue weighted by atomic mass is 9.84. The molecule has 4 aliphatic heterocycles. The minimum atomic E-state index is -4.58. The number of anilines is 1. The Labute approximate surface area is 219 Å². The van der Waals surface area contributed by atoms with Crippen LogP contribution >= 0.6 is 22.9 Å². The van der Waals surface area contributed by atoms with Crippen LogP contribution in [0.4, 0.5) is 18.3 Å². The van der Waals surface area contributed by atoms with Crippen LogP contribution in [0, 0.1) is 5.92 Å². The monoisotopic (exact) mass is 545 g/mol. The Bertz CT molecular complexity index is 1510. The minimum Gasteiger partial charge on any atom is -0.492 e. The molecule has 0 spiro atoms. The summed E-state index contributed by atoms with van der Waals surface area (Å²) in [6, 6.07) is 9.40. The zero-order valence-electron chi connectivity index (χ0n) is 19.6. The highest BCUT2D eigenvalue weighted by Gasteiger charge is 2.36. The molecule has 2 bridgehead atoms. The predicted molar refractivity (Wildman–Crippen MR) is 138 cm³/mol. The number of rotatable bonds is 5. The number of aromatic nitrogens is 1. The highest BCUT2D eigenvalue weighted by Crippen LogP contribution is 2.40. The van der Waals surface area contributed by atoms with Gasteiger partial charge in [-0.05, 0) is 72.5 Å². The molecule has 0 radical (unpaired) electrons. The van der Waals surface area contributed by atoms with Gasteiger partial charge in [0.05, 0.1) is 22.0 Å². The molecule has 7 rings (SSSR count). The Morgan fingerprint density at radius 3 is 2.70 bits per heavy atom. The quantitative estimate of drug-likeness (QED) is 0.497. The Hall–Kier alpha value is -2.95. The summed E-state index contributed by atoms with van der Waals surface area (Å²) >= 11 is 7.17. The number of piperidine rings is 3. The van der Waals surface area contributed by atoms with Crippen LogP contribution in [0.2, 0.25) is 5.02 Å². The molecule has 37 heavy (non-hydrogen) atoms. The fourth-order valence-corrected chi connectivity index (χ4v) is 6.58. The Balaban J connectivity index is 1.43. The van der Waals surface area contributed by atoms with Crippen molar-refractivity contribution in [2.45, 2.75) is 31.5 Å². The number of hydrogen-bond donors (Lipinski definition) is 2. The third-order valence-corrected chi connectivity index (χ3v) is 8.60. The molecule has 6 nitrogen and oxygen atoms in total. The van der Waals surface area contributed by atoms with E-state index >= 15 is 0 Å². The van der Waals surface area contributed by atoms with Crippen LogP contribution < -0.4 is 15.9 Å². The first-order valence-electron chi connectivity index (χ1n) is 12.0. The molecule has 1 aromatic heterocycles. The van der Waals surface area contributed by atoms with E-state index in [2.05, 4.69) is 25.4 Å². The van der Waals surface area contributed by atoms with Crippen molar-refractivity contribution in [1.29, 1.82) is 0 Å². The number of nitrogens with one attached hydrogen (secondary N) is 1. The van der Waals surface area contributed by atoms with E-state index in [1.165, 1.54) is 23.5 Å². The Kier molecular flexibility index (Phi) is 6.21. The van der Waals surface area contributed by atoms with Crippen molar-refractivity contribution in [3.05, 3.63) is 73.6 Å². The summed E-state index contributed by atoms with van der Waals surface area (Å²) in [7, 11) is 0. The fraction of sp³-hybridized carbons (Fsp3) is 0.346. The van der Waals surface area contributed by atoms with Crippen molar-refractivity contribution in [3.63, 3.8) is 0 Å². The number of nitrogens with zero attached hydrogens (tertiary/aromatic N) is 4. The molecule has 0 saturated carbocycles. The minimum absolute atomic E-state index is 0.0117. The van der Waals surface area contributed by atoms with Crippen LogP contribution in [-0.2, 0) is 12.6 Å². The van der Waals surface area contributed by atoms with Crippen LogP contribution in [0.3, 0.4) is 0 Å². The number of alkyl halides is 3. The summed E-state index contributed by atoms with van der Waals surface area (Å²) in [5.74, 6) is 0.344.